The lowest BCUT2D eigenvalue weighted by Gasteiger charge is -2.53. The number of nitrogens with two attached hydrogens (primary N) is 1. The van der Waals surface area contributed by atoms with E-state index in [0.29, 0.717) is 0 Å². The van der Waals surface area contributed by atoms with Crippen LogP contribution in [0.1, 0.15) is 28.8 Å². The van der Waals surface area contributed by atoms with E-state index in [0.717, 1.165) is 0 Å². The number of carbonyl (C=O) groups is 4. The van der Waals surface area contributed by atoms with Crippen molar-refractivity contribution in [1.82, 2.24) is 4.90 Å². The number of aromatic hydroxyl groups is 1. The summed E-state index contributed by atoms with van der Waals surface area (Å²) in [6, 6.07) is 1.53. The second-order valence-electron chi connectivity index (χ2n) is 10.1. The van der Waals surface area contributed by atoms with Crippen LogP contribution in [0.2, 0.25) is 0 Å². The molecule has 3 aliphatic rings. The van der Waals surface area contributed by atoms with Gasteiger partial charge in [-0.25, -0.2) is 0 Å². The van der Waals surface area contributed by atoms with E-state index >= 15 is 0 Å². The Bertz CT molecular complexity index is 1380. The Morgan fingerprint density at radius 1 is 1.23 bits per heavy atom. The number of aliphatic hydroxyl groups excluding tert-OH is 3. The zero-order chi connectivity index (χ0) is 29.3. The molecule has 0 saturated carbocycles. The molecule has 15 heteroatoms. The molecule has 0 heterocycles. The number of amides is 2. The number of phenols is 1. The molecule has 40 heavy (non-hydrogen) atoms. The number of halogens is 2. The molecule has 0 aromatic heterocycles. The highest BCUT2D eigenvalue weighted by Gasteiger charge is 2.67. The molecule has 6 unspecified atom stereocenters. The molecule has 12 nitrogen and oxygen atoms in total. The lowest BCUT2D eigenvalue weighted by atomic mass is 9.55. The first-order valence-electron chi connectivity index (χ1n) is 11.9. The van der Waals surface area contributed by atoms with Crippen molar-refractivity contribution in [3.05, 3.63) is 45.9 Å². The topological polar surface area (TPSA) is 211 Å². The van der Waals surface area contributed by atoms with Crippen molar-refractivity contribution in [1.29, 1.82) is 0 Å². The van der Waals surface area contributed by atoms with Gasteiger partial charge in [0.05, 0.1) is 29.3 Å². The summed E-state index contributed by atoms with van der Waals surface area (Å²) in [4.78, 5) is 52.3. The lowest BCUT2D eigenvalue weighted by molar-refractivity contribution is -0.162. The second kappa shape index (κ2) is 11.1. The second-order valence-corrected chi connectivity index (χ2v) is 11.6. The standard InChI is InChI=1S/C25H28BrN3O9S.BrH/c1-7-8-4-5-10(28-24(37)9(26)6-39)17(30)12(8)18(31)13-11(7)19(32)15-16(29(2)3)20(33)14(23(27)36)22(35)25(15,38)21(13)34;/h4-5,7,9,11,15-16,19,30,32-34,38-39H,6H2,1-3H3,(H2,27,36)(H,28,37);1H/t7?,9?,11?,15?,16-,19?,25?;/m0./s1. The third-order valence-electron chi connectivity index (χ3n) is 7.83. The SMILES string of the molecule is Br.CC1c2ccc(NC(=O)C(Br)CS)c(O)c2C(=O)C2=C(O)C3(O)C(=O)C(C(N)=O)=C(O)[C@@H](N(C)C)C3C(O)C21. The smallest absolute Gasteiger partial charge is 0.255 e. The number of nitrogens with zero attached hydrogens (tertiary/aromatic N) is 1. The van der Waals surface area contributed by atoms with Crippen molar-refractivity contribution < 1.29 is 44.7 Å². The number of thiol groups is 1. The van der Waals surface area contributed by atoms with Crippen LogP contribution >= 0.6 is 45.5 Å². The molecule has 2 amide bonds. The Morgan fingerprint density at radius 2 is 1.82 bits per heavy atom. The third-order valence-corrected chi connectivity index (χ3v) is 9.44. The van der Waals surface area contributed by atoms with Crippen LogP contribution in [-0.4, -0.2) is 96.2 Å². The molecule has 1 aromatic carbocycles. The van der Waals surface area contributed by atoms with Gasteiger partial charge in [0.1, 0.15) is 21.9 Å². The van der Waals surface area contributed by atoms with E-state index < -0.39 is 92.1 Å². The molecule has 0 fully saturated rings. The highest BCUT2D eigenvalue weighted by Crippen LogP contribution is 2.56. The number of primary amides is 1. The van der Waals surface area contributed by atoms with E-state index in [-0.39, 0.29) is 39.5 Å². The summed E-state index contributed by atoms with van der Waals surface area (Å²) in [6.45, 7) is 1.61. The monoisotopic (exact) mass is 705 g/mol. The molecule has 8 N–H and O–H groups in total. The largest absolute Gasteiger partial charge is 0.510 e. The number of nitrogens with one attached hydrogen (secondary N) is 1. The maximum absolute atomic E-state index is 13.8. The van der Waals surface area contributed by atoms with Gasteiger partial charge in [-0.05, 0) is 31.6 Å². The number of anilines is 1. The first kappa shape index (κ1) is 32.1. The van der Waals surface area contributed by atoms with Crippen molar-refractivity contribution in [3.8, 4) is 5.75 Å². The van der Waals surface area contributed by atoms with Crippen LogP contribution < -0.4 is 11.1 Å². The average molecular weight is 707 g/mol. The minimum atomic E-state index is -3.00. The Kier molecular flexibility index (Phi) is 8.90. The third kappa shape index (κ3) is 4.38. The fraction of sp³-hybridized carbons (Fsp3) is 0.440. The number of hydrogen-bond donors (Lipinski definition) is 8. The van der Waals surface area contributed by atoms with Gasteiger partial charge < -0.3 is 36.6 Å². The molecule has 7 atom stereocenters. The van der Waals surface area contributed by atoms with E-state index in [1.807, 2.05) is 0 Å². The lowest BCUT2D eigenvalue weighted by Crippen LogP contribution is -2.68. The van der Waals surface area contributed by atoms with Crippen LogP contribution in [0.15, 0.2) is 34.8 Å². The van der Waals surface area contributed by atoms with Gasteiger partial charge in [-0.2, -0.15) is 12.6 Å². The molecular formula is C25H29Br2N3O9S. The summed E-state index contributed by atoms with van der Waals surface area (Å²) >= 11 is 7.17. The highest BCUT2D eigenvalue weighted by molar-refractivity contribution is 9.10. The number of phenolic OH excluding ortho intramolecular Hbond substituents is 1. The number of rotatable bonds is 5. The van der Waals surface area contributed by atoms with Gasteiger partial charge in [0.25, 0.3) is 5.91 Å². The quantitative estimate of drug-likeness (QED) is 0.0937. The molecule has 4 rings (SSSR count). The molecule has 0 saturated heterocycles. The van der Waals surface area contributed by atoms with E-state index in [4.69, 9.17) is 5.73 Å². The van der Waals surface area contributed by atoms with Gasteiger partial charge in [-0.3, -0.25) is 24.1 Å². The van der Waals surface area contributed by atoms with Crippen molar-refractivity contribution in [2.24, 2.45) is 17.6 Å². The Balaban J connectivity index is 0.00000441. The minimum absolute atomic E-state index is 0. The van der Waals surface area contributed by atoms with Gasteiger partial charge >= 0.3 is 0 Å². The van der Waals surface area contributed by atoms with Gasteiger partial charge in [-0.15, -0.1) is 17.0 Å². The zero-order valence-corrected chi connectivity index (χ0v) is 25.6. The molecule has 218 valence electrons. The average Bonchev–Trinajstić information content (AvgIpc) is 2.86. The zero-order valence-electron chi connectivity index (χ0n) is 21.5. The van der Waals surface area contributed by atoms with E-state index in [2.05, 4.69) is 33.9 Å². The summed E-state index contributed by atoms with van der Waals surface area (Å²) in [6.07, 6.45) is -1.69. The maximum Gasteiger partial charge on any atom is 0.255 e. The molecular weight excluding hydrogens is 678 g/mol. The Morgan fingerprint density at radius 3 is 2.35 bits per heavy atom. The fourth-order valence-electron chi connectivity index (χ4n) is 6.02. The van der Waals surface area contributed by atoms with Crippen molar-refractivity contribution in [2.45, 2.75) is 35.4 Å². The number of benzene rings is 1. The van der Waals surface area contributed by atoms with Gasteiger partial charge in [-0.1, -0.05) is 28.9 Å². The highest BCUT2D eigenvalue weighted by atomic mass is 79.9. The van der Waals surface area contributed by atoms with Crippen LogP contribution in [0, 0.1) is 11.8 Å². The van der Waals surface area contributed by atoms with Crippen molar-refractivity contribution in [2.75, 3.05) is 25.2 Å². The molecule has 3 aliphatic carbocycles. The summed E-state index contributed by atoms with van der Waals surface area (Å²) < 4.78 is 0. The van der Waals surface area contributed by atoms with Crippen LogP contribution in [-0.2, 0) is 14.4 Å². The van der Waals surface area contributed by atoms with Crippen LogP contribution in [0.4, 0.5) is 5.69 Å². The van der Waals surface area contributed by atoms with Gasteiger partial charge in [0.2, 0.25) is 11.7 Å². The molecule has 0 bridgehead atoms. The predicted octanol–water partition coefficient (Wildman–Crippen LogP) is 0.862. The van der Waals surface area contributed by atoms with E-state index in [1.165, 1.54) is 31.1 Å². The summed E-state index contributed by atoms with van der Waals surface area (Å²) in [5, 5.41) is 59.0. The Hall–Kier alpha value is -2.43. The maximum atomic E-state index is 13.8. The number of carbonyl (C=O) groups excluding carboxylic acids is 4. The number of Topliss-reactive ketones (excluding diaryl/α,β-unsaturated/α-hetero) is 2. The number of alkyl halides is 1. The number of fused-ring (bicyclic) bond motifs is 3. The number of ketones is 2. The first-order chi connectivity index (χ1) is 18.1. The number of hydrogen-bond acceptors (Lipinski definition) is 11. The van der Waals surface area contributed by atoms with Crippen molar-refractivity contribution >= 4 is 74.6 Å². The van der Waals surface area contributed by atoms with Crippen LogP contribution in [0.5, 0.6) is 5.75 Å². The van der Waals surface area contributed by atoms with E-state index in [9.17, 15) is 44.7 Å². The Labute approximate surface area is 253 Å². The van der Waals surface area contributed by atoms with Crippen LogP contribution in [0.3, 0.4) is 0 Å². The van der Waals surface area contributed by atoms with Crippen LogP contribution in [0.25, 0.3) is 0 Å². The van der Waals surface area contributed by atoms with Gasteiger partial charge in [0, 0.05) is 17.2 Å². The number of likely N-dealkylation sites (N-methyl/N-ethyl adjacent to an activating group) is 1. The first-order valence-corrected chi connectivity index (χ1v) is 13.4. The molecule has 0 aliphatic heterocycles. The molecule has 0 radical (unpaired) electrons. The van der Waals surface area contributed by atoms with E-state index in [1.54, 1.807) is 6.92 Å². The fourth-order valence-corrected chi connectivity index (χ4v) is 6.30. The summed E-state index contributed by atoms with van der Waals surface area (Å²) in [5.74, 6) is -10.3. The summed E-state index contributed by atoms with van der Waals surface area (Å²) in [7, 11) is 2.92. The minimum Gasteiger partial charge on any atom is -0.510 e. The predicted molar refractivity (Wildman–Crippen MR) is 155 cm³/mol. The summed E-state index contributed by atoms with van der Waals surface area (Å²) in [5.41, 5.74) is 0.682. The number of aliphatic hydroxyl groups is 4. The normalized spacial score (nSPS) is 30.2. The van der Waals surface area contributed by atoms with Crippen molar-refractivity contribution in [3.63, 3.8) is 0 Å². The van der Waals surface area contributed by atoms with Gasteiger partial charge in [0.15, 0.2) is 17.1 Å². The molecule has 1 aromatic rings. The molecule has 0 spiro atoms.